The summed E-state index contributed by atoms with van der Waals surface area (Å²) in [5, 5.41) is 4.80. The number of para-hydroxylation sites is 1. The lowest BCUT2D eigenvalue weighted by molar-refractivity contribution is -0.133. The van der Waals surface area contributed by atoms with Gasteiger partial charge in [0.15, 0.2) is 0 Å². The third-order valence-corrected chi connectivity index (χ3v) is 4.53. The molecule has 1 aromatic heterocycles. The van der Waals surface area contributed by atoms with E-state index in [1.54, 1.807) is 15.6 Å². The number of carbonyl (C=O) groups excluding carboxylic acids is 1. The molecule has 1 amide bonds. The number of aromatic nitrogens is 2. The maximum absolute atomic E-state index is 12.4. The van der Waals surface area contributed by atoms with Gasteiger partial charge in [-0.2, -0.15) is 5.10 Å². The second-order valence-electron chi connectivity index (χ2n) is 7.05. The normalized spacial score (nSPS) is 13.1. The molecule has 0 saturated heterocycles. The van der Waals surface area contributed by atoms with Crippen LogP contribution in [-0.2, 0) is 11.3 Å². The molecule has 0 fully saturated rings. The van der Waals surface area contributed by atoms with Crippen LogP contribution in [0, 0.1) is 5.41 Å². The maximum Gasteiger partial charge on any atom is 0.224 e. The number of carbonyl (C=O) groups is 1. The van der Waals surface area contributed by atoms with Gasteiger partial charge in [-0.25, -0.2) is 0 Å². The molecule has 1 aromatic carbocycles. The van der Waals surface area contributed by atoms with E-state index in [9.17, 15) is 9.59 Å². The minimum absolute atomic E-state index is 0.0344. The molecule has 0 aliphatic heterocycles. The molecule has 0 spiro atoms. The summed E-state index contributed by atoms with van der Waals surface area (Å²) in [6.45, 7) is 8.89. The maximum atomic E-state index is 12.4. The Morgan fingerprint density at radius 2 is 1.96 bits per heavy atom. The largest absolute Gasteiger partial charge is 0.342 e. The predicted octanol–water partition coefficient (Wildman–Crippen LogP) is 2.68. The lowest BCUT2D eigenvalue weighted by Crippen LogP contribution is -2.43. The Balaban J connectivity index is 2.14. The summed E-state index contributed by atoms with van der Waals surface area (Å²) >= 11 is 0. The standard InChI is InChI=1S/C18H25N3O2/c1-13(18(2,3)4)20(5)17(23)10-11-21-15-9-7-6-8-14(15)16(22)12-19-21/h6-9,12-13H,10-11H2,1-5H3/t13-/m0/s1. The highest BCUT2D eigenvalue weighted by molar-refractivity contribution is 5.79. The van der Waals surface area contributed by atoms with Crippen LogP contribution in [-0.4, -0.2) is 33.7 Å². The van der Waals surface area contributed by atoms with Crippen LogP contribution in [0.2, 0.25) is 0 Å². The first kappa shape index (κ1) is 17.2. The minimum Gasteiger partial charge on any atom is -0.342 e. The summed E-state index contributed by atoms with van der Waals surface area (Å²) in [5.41, 5.74) is 0.702. The van der Waals surface area contributed by atoms with E-state index in [0.717, 1.165) is 5.52 Å². The van der Waals surface area contributed by atoms with Gasteiger partial charge in [-0.15, -0.1) is 0 Å². The van der Waals surface area contributed by atoms with Gasteiger partial charge in [0.2, 0.25) is 11.3 Å². The van der Waals surface area contributed by atoms with Crippen molar-refractivity contribution in [2.24, 2.45) is 5.41 Å². The van der Waals surface area contributed by atoms with Crippen LogP contribution in [0.5, 0.6) is 0 Å². The molecular weight excluding hydrogens is 290 g/mol. The van der Waals surface area contributed by atoms with Gasteiger partial charge in [0.05, 0.1) is 18.3 Å². The van der Waals surface area contributed by atoms with Gasteiger partial charge >= 0.3 is 0 Å². The van der Waals surface area contributed by atoms with E-state index in [4.69, 9.17) is 0 Å². The Labute approximate surface area is 136 Å². The van der Waals surface area contributed by atoms with E-state index in [1.165, 1.54) is 6.20 Å². The molecule has 0 aliphatic rings. The number of amides is 1. The molecule has 5 nitrogen and oxygen atoms in total. The molecule has 23 heavy (non-hydrogen) atoms. The third kappa shape index (κ3) is 3.78. The van der Waals surface area contributed by atoms with Gasteiger partial charge in [0, 0.05) is 24.9 Å². The van der Waals surface area contributed by atoms with E-state index in [-0.39, 0.29) is 22.8 Å². The van der Waals surface area contributed by atoms with Crippen molar-refractivity contribution in [3.8, 4) is 0 Å². The summed E-state index contributed by atoms with van der Waals surface area (Å²) < 4.78 is 1.73. The number of rotatable bonds is 4. The number of hydrogen-bond acceptors (Lipinski definition) is 3. The Morgan fingerprint density at radius 3 is 2.61 bits per heavy atom. The first-order valence-corrected chi connectivity index (χ1v) is 7.92. The second-order valence-corrected chi connectivity index (χ2v) is 7.05. The number of nitrogens with zero attached hydrogens (tertiary/aromatic N) is 3. The molecule has 5 heteroatoms. The topological polar surface area (TPSA) is 55.2 Å². The molecule has 0 N–H and O–H groups in total. The summed E-state index contributed by atoms with van der Waals surface area (Å²) in [6.07, 6.45) is 1.67. The van der Waals surface area contributed by atoms with Crippen molar-refractivity contribution in [3.63, 3.8) is 0 Å². The molecular formula is C18H25N3O2. The van der Waals surface area contributed by atoms with Crippen molar-refractivity contribution in [3.05, 3.63) is 40.7 Å². The monoisotopic (exact) mass is 315 g/mol. The highest BCUT2D eigenvalue weighted by Gasteiger charge is 2.26. The molecule has 0 unspecified atom stereocenters. The zero-order valence-electron chi connectivity index (χ0n) is 14.5. The SMILES string of the molecule is C[C@H](N(C)C(=O)CCn1ncc(=O)c2ccccc21)C(C)(C)C. The fourth-order valence-electron chi connectivity index (χ4n) is 2.51. The lowest BCUT2D eigenvalue weighted by Gasteiger charge is -2.35. The van der Waals surface area contributed by atoms with Gasteiger partial charge in [-0.3, -0.25) is 14.3 Å². The molecule has 124 valence electrons. The van der Waals surface area contributed by atoms with Crippen molar-refractivity contribution < 1.29 is 4.79 Å². The molecule has 1 atom stereocenters. The van der Waals surface area contributed by atoms with Crippen molar-refractivity contribution in [2.75, 3.05) is 7.05 Å². The summed E-state index contributed by atoms with van der Waals surface area (Å²) in [7, 11) is 1.84. The van der Waals surface area contributed by atoms with E-state index in [1.807, 2.05) is 25.2 Å². The molecule has 2 rings (SSSR count). The van der Waals surface area contributed by atoms with E-state index in [2.05, 4.69) is 32.8 Å². The molecule has 0 saturated carbocycles. The van der Waals surface area contributed by atoms with Gasteiger partial charge in [0.1, 0.15) is 0 Å². The van der Waals surface area contributed by atoms with E-state index >= 15 is 0 Å². The Bertz CT molecular complexity index is 759. The van der Waals surface area contributed by atoms with Gasteiger partial charge in [-0.05, 0) is 24.5 Å². The summed E-state index contributed by atoms with van der Waals surface area (Å²) in [6, 6.07) is 7.49. The van der Waals surface area contributed by atoms with Crippen LogP contribution in [0.4, 0.5) is 0 Å². The van der Waals surface area contributed by atoms with Crippen molar-refractivity contribution in [2.45, 2.75) is 46.7 Å². The zero-order chi connectivity index (χ0) is 17.2. The van der Waals surface area contributed by atoms with E-state index < -0.39 is 0 Å². The first-order valence-electron chi connectivity index (χ1n) is 7.92. The quantitative estimate of drug-likeness (QED) is 0.871. The average molecular weight is 315 g/mol. The first-order chi connectivity index (χ1) is 10.7. The smallest absolute Gasteiger partial charge is 0.224 e. The van der Waals surface area contributed by atoms with Gasteiger partial charge in [-0.1, -0.05) is 32.9 Å². The molecule has 0 bridgehead atoms. The van der Waals surface area contributed by atoms with Gasteiger partial charge < -0.3 is 4.90 Å². The van der Waals surface area contributed by atoms with Crippen molar-refractivity contribution in [1.82, 2.24) is 14.7 Å². The predicted molar refractivity (Wildman–Crippen MR) is 92.3 cm³/mol. The molecule has 1 heterocycles. The molecule has 0 radical (unpaired) electrons. The number of aryl methyl sites for hydroxylation is 1. The number of hydrogen-bond donors (Lipinski definition) is 0. The fraction of sp³-hybridized carbons (Fsp3) is 0.500. The molecule has 2 aromatic rings. The summed E-state index contributed by atoms with van der Waals surface area (Å²) in [4.78, 5) is 26.1. The van der Waals surface area contributed by atoms with Crippen molar-refractivity contribution >= 4 is 16.8 Å². The summed E-state index contributed by atoms with van der Waals surface area (Å²) in [5.74, 6) is 0.0806. The van der Waals surface area contributed by atoms with Crippen LogP contribution in [0.15, 0.2) is 35.3 Å². The van der Waals surface area contributed by atoms with Crippen LogP contribution < -0.4 is 5.43 Å². The number of benzene rings is 1. The Hall–Kier alpha value is -2.17. The van der Waals surface area contributed by atoms with Crippen LogP contribution >= 0.6 is 0 Å². The van der Waals surface area contributed by atoms with Gasteiger partial charge in [0.25, 0.3) is 0 Å². The average Bonchev–Trinajstić information content (AvgIpc) is 2.52. The second kappa shape index (κ2) is 6.52. The third-order valence-electron chi connectivity index (χ3n) is 4.53. The van der Waals surface area contributed by atoms with Crippen LogP contribution in [0.25, 0.3) is 10.9 Å². The fourth-order valence-corrected chi connectivity index (χ4v) is 2.51. The highest BCUT2D eigenvalue weighted by atomic mass is 16.2. The van der Waals surface area contributed by atoms with Crippen LogP contribution in [0.1, 0.15) is 34.1 Å². The lowest BCUT2D eigenvalue weighted by atomic mass is 9.87. The van der Waals surface area contributed by atoms with E-state index in [0.29, 0.717) is 18.4 Å². The van der Waals surface area contributed by atoms with Crippen molar-refractivity contribution in [1.29, 1.82) is 0 Å². The zero-order valence-corrected chi connectivity index (χ0v) is 14.5. The Morgan fingerprint density at radius 1 is 1.30 bits per heavy atom. The Kier molecular flexibility index (Phi) is 4.88. The minimum atomic E-state index is -0.0957. The highest BCUT2D eigenvalue weighted by Crippen LogP contribution is 2.23. The van der Waals surface area contributed by atoms with Crippen LogP contribution in [0.3, 0.4) is 0 Å². The molecule has 0 aliphatic carbocycles. The number of fused-ring (bicyclic) bond motifs is 1.